The minimum absolute atomic E-state index is 0.0289. The number of likely N-dealkylation sites (N-methyl/N-ethyl adjacent to an activating group) is 2. The van der Waals surface area contributed by atoms with Crippen molar-refractivity contribution in [1.82, 2.24) is 14.7 Å². The van der Waals surface area contributed by atoms with Crippen molar-refractivity contribution >= 4 is 11.8 Å². The molecule has 104 valence electrons. The Hall–Kier alpha value is -1.10. The molecule has 0 aromatic rings. The minimum atomic E-state index is 0.0289. The molecule has 1 rings (SSSR count). The number of hydrogen-bond donors (Lipinski definition) is 0. The molecule has 0 aliphatic carbocycles. The number of amides is 2. The molecule has 1 saturated heterocycles. The second kappa shape index (κ2) is 7.36. The van der Waals surface area contributed by atoms with Crippen LogP contribution in [-0.4, -0.2) is 73.8 Å². The highest BCUT2D eigenvalue weighted by Gasteiger charge is 2.18. The van der Waals surface area contributed by atoms with Gasteiger partial charge in [0.15, 0.2) is 0 Å². The average Bonchev–Trinajstić information content (AvgIpc) is 2.56. The van der Waals surface area contributed by atoms with Crippen LogP contribution in [0.5, 0.6) is 0 Å². The molecule has 0 radical (unpaired) electrons. The third kappa shape index (κ3) is 5.04. The van der Waals surface area contributed by atoms with Gasteiger partial charge in [0.25, 0.3) is 0 Å². The van der Waals surface area contributed by atoms with Crippen molar-refractivity contribution in [2.24, 2.45) is 0 Å². The largest absolute Gasteiger partial charge is 0.348 e. The zero-order chi connectivity index (χ0) is 13.5. The van der Waals surface area contributed by atoms with Gasteiger partial charge in [-0.2, -0.15) is 0 Å². The summed E-state index contributed by atoms with van der Waals surface area (Å²) in [5.74, 6) is 0.173. The topological polar surface area (TPSA) is 43.9 Å². The normalized spacial score (nSPS) is 16.6. The van der Waals surface area contributed by atoms with Crippen molar-refractivity contribution in [3.05, 3.63) is 0 Å². The molecule has 0 unspecified atom stereocenters. The van der Waals surface area contributed by atoms with Gasteiger partial charge in [-0.1, -0.05) is 12.8 Å². The van der Waals surface area contributed by atoms with E-state index in [1.165, 1.54) is 12.8 Å². The van der Waals surface area contributed by atoms with Crippen LogP contribution < -0.4 is 0 Å². The van der Waals surface area contributed by atoms with Gasteiger partial charge in [-0.15, -0.1) is 0 Å². The summed E-state index contributed by atoms with van der Waals surface area (Å²) in [6.07, 6.45) is 4.65. The molecule has 1 aliphatic heterocycles. The number of carbonyl (C=O) groups is 2. The molecule has 1 fully saturated rings. The molecule has 0 spiro atoms. The van der Waals surface area contributed by atoms with Crippen LogP contribution in [0.2, 0.25) is 0 Å². The Morgan fingerprint density at radius 2 is 1.50 bits per heavy atom. The lowest BCUT2D eigenvalue weighted by Gasteiger charge is -2.24. The molecule has 1 aliphatic rings. The Kier molecular flexibility index (Phi) is 6.12. The minimum Gasteiger partial charge on any atom is -0.348 e. The second-order valence-corrected chi connectivity index (χ2v) is 5.26. The highest BCUT2D eigenvalue weighted by atomic mass is 16.2. The molecule has 0 N–H and O–H groups in total. The van der Waals surface area contributed by atoms with Gasteiger partial charge >= 0.3 is 0 Å². The van der Waals surface area contributed by atoms with E-state index in [0.29, 0.717) is 13.1 Å². The van der Waals surface area contributed by atoms with Gasteiger partial charge in [0.1, 0.15) is 0 Å². The van der Waals surface area contributed by atoms with Gasteiger partial charge in [0.2, 0.25) is 11.8 Å². The van der Waals surface area contributed by atoms with Gasteiger partial charge in [0.05, 0.1) is 13.1 Å². The standard InChI is InChI=1S/C13H25N3O2/c1-14(2)12(17)10-15(3)11-13(18)16-8-6-4-5-7-9-16/h4-11H2,1-3H3. The molecule has 5 heteroatoms. The molecule has 2 amide bonds. The second-order valence-electron chi connectivity index (χ2n) is 5.26. The summed E-state index contributed by atoms with van der Waals surface area (Å²) >= 11 is 0. The summed E-state index contributed by atoms with van der Waals surface area (Å²) in [5, 5.41) is 0. The van der Waals surface area contributed by atoms with E-state index in [0.717, 1.165) is 25.9 Å². The van der Waals surface area contributed by atoms with Gasteiger partial charge in [0, 0.05) is 27.2 Å². The molecular formula is C13H25N3O2. The number of hydrogen-bond acceptors (Lipinski definition) is 3. The zero-order valence-electron chi connectivity index (χ0n) is 11.8. The Labute approximate surface area is 110 Å². The van der Waals surface area contributed by atoms with E-state index < -0.39 is 0 Å². The third-order valence-corrected chi connectivity index (χ3v) is 3.27. The Balaban J connectivity index is 2.36. The van der Waals surface area contributed by atoms with Crippen molar-refractivity contribution in [2.45, 2.75) is 25.7 Å². The highest BCUT2D eigenvalue weighted by Crippen LogP contribution is 2.09. The molecular weight excluding hydrogens is 230 g/mol. The maximum absolute atomic E-state index is 12.1. The average molecular weight is 255 g/mol. The van der Waals surface area contributed by atoms with Crippen molar-refractivity contribution in [2.75, 3.05) is 47.3 Å². The summed E-state index contributed by atoms with van der Waals surface area (Å²) in [6, 6.07) is 0. The van der Waals surface area contributed by atoms with Crippen molar-refractivity contribution < 1.29 is 9.59 Å². The molecule has 1 heterocycles. The summed E-state index contributed by atoms with van der Waals surface area (Å²) < 4.78 is 0. The fraction of sp³-hybridized carbons (Fsp3) is 0.846. The van der Waals surface area contributed by atoms with Gasteiger partial charge in [-0.05, 0) is 19.9 Å². The molecule has 0 aromatic carbocycles. The summed E-state index contributed by atoms with van der Waals surface area (Å²) in [6.45, 7) is 2.37. The van der Waals surface area contributed by atoms with Crippen LogP contribution in [0.15, 0.2) is 0 Å². The third-order valence-electron chi connectivity index (χ3n) is 3.27. The van der Waals surface area contributed by atoms with E-state index in [1.807, 2.05) is 11.9 Å². The van der Waals surface area contributed by atoms with Crippen molar-refractivity contribution in [3.8, 4) is 0 Å². The van der Waals surface area contributed by atoms with E-state index >= 15 is 0 Å². The van der Waals surface area contributed by atoms with E-state index in [2.05, 4.69) is 0 Å². The zero-order valence-corrected chi connectivity index (χ0v) is 11.8. The summed E-state index contributed by atoms with van der Waals surface area (Å²) in [5.41, 5.74) is 0. The molecule has 0 bridgehead atoms. The van der Waals surface area contributed by atoms with Gasteiger partial charge < -0.3 is 9.80 Å². The first-order chi connectivity index (χ1) is 8.50. The first kappa shape index (κ1) is 15.0. The molecule has 0 saturated carbocycles. The fourth-order valence-corrected chi connectivity index (χ4v) is 2.08. The van der Waals surface area contributed by atoms with Crippen LogP contribution in [0.1, 0.15) is 25.7 Å². The van der Waals surface area contributed by atoms with Crippen LogP contribution in [-0.2, 0) is 9.59 Å². The number of carbonyl (C=O) groups excluding carboxylic acids is 2. The van der Waals surface area contributed by atoms with E-state index in [9.17, 15) is 9.59 Å². The lowest BCUT2D eigenvalue weighted by atomic mass is 10.2. The van der Waals surface area contributed by atoms with Gasteiger partial charge in [-0.3, -0.25) is 14.5 Å². The smallest absolute Gasteiger partial charge is 0.236 e. The molecule has 0 atom stereocenters. The summed E-state index contributed by atoms with van der Waals surface area (Å²) in [4.78, 5) is 28.9. The Bertz CT molecular complexity index is 284. The predicted molar refractivity (Wildman–Crippen MR) is 71.2 cm³/mol. The first-order valence-corrected chi connectivity index (χ1v) is 6.67. The number of nitrogens with zero attached hydrogens (tertiary/aromatic N) is 3. The van der Waals surface area contributed by atoms with Crippen LogP contribution >= 0.6 is 0 Å². The Morgan fingerprint density at radius 1 is 0.944 bits per heavy atom. The van der Waals surface area contributed by atoms with Crippen LogP contribution in [0, 0.1) is 0 Å². The maximum Gasteiger partial charge on any atom is 0.236 e. The number of rotatable bonds is 4. The van der Waals surface area contributed by atoms with Crippen LogP contribution in [0.3, 0.4) is 0 Å². The molecule has 5 nitrogen and oxygen atoms in total. The van der Waals surface area contributed by atoms with E-state index in [-0.39, 0.29) is 11.8 Å². The lowest BCUT2D eigenvalue weighted by molar-refractivity contribution is -0.134. The number of likely N-dealkylation sites (tertiary alicyclic amines) is 1. The SMILES string of the molecule is CN(CC(=O)N(C)C)CC(=O)N1CCCCCC1. The quantitative estimate of drug-likeness (QED) is 0.731. The van der Waals surface area contributed by atoms with Crippen molar-refractivity contribution in [3.63, 3.8) is 0 Å². The monoisotopic (exact) mass is 255 g/mol. The first-order valence-electron chi connectivity index (χ1n) is 6.67. The highest BCUT2D eigenvalue weighted by molar-refractivity contribution is 5.81. The van der Waals surface area contributed by atoms with E-state index in [1.54, 1.807) is 23.9 Å². The van der Waals surface area contributed by atoms with Gasteiger partial charge in [-0.25, -0.2) is 0 Å². The predicted octanol–water partition coefficient (Wildman–Crippen LogP) is 0.409. The molecule has 18 heavy (non-hydrogen) atoms. The lowest BCUT2D eigenvalue weighted by Crippen LogP contribution is -2.42. The summed E-state index contributed by atoms with van der Waals surface area (Å²) in [7, 11) is 5.27. The van der Waals surface area contributed by atoms with Crippen molar-refractivity contribution in [1.29, 1.82) is 0 Å². The van der Waals surface area contributed by atoms with E-state index in [4.69, 9.17) is 0 Å². The molecule has 0 aromatic heterocycles. The fourth-order valence-electron chi connectivity index (χ4n) is 2.08. The maximum atomic E-state index is 12.1. The van der Waals surface area contributed by atoms with Crippen LogP contribution in [0.4, 0.5) is 0 Å². The Morgan fingerprint density at radius 3 is 2.00 bits per heavy atom. The van der Waals surface area contributed by atoms with Crippen LogP contribution in [0.25, 0.3) is 0 Å².